The topological polar surface area (TPSA) is 129 Å². The molecule has 0 amide bonds. The molecule has 434 valence electrons. The third-order valence-electron chi connectivity index (χ3n) is 11.8. The lowest BCUT2D eigenvalue weighted by Crippen LogP contribution is -2.08. The average Bonchev–Trinajstić information content (AvgIpc) is 3.42. The van der Waals surface area contributed by atoms with E-state index in [2.05, 4.69) is 140 Å². The highest BCUT2D eigenvalue weighted by atomic mass is 16.5. The number of aliphatic hydroxyl groups excluding tert-OH is 1. The zero-order chi connectivity index (χ0) is 56.4. The third-order valence-corrected chi connectivity index (χ3v) is 11.8. The van der Waals surface area contributed by atoms with Gasteiger partial charge in [-0.05, 0) is 154 Å². The van der Waals surface area contributed by atoms with Crippen LogP contribution in [0.1, 0.15) is 247 Å². The summed E-state index contributed by atoms with van der Waals surface area (Å²) in [5, 5.41) is 18.4. The van der Waals surface area contributed by atoms with Gasteiger partial charge in [-0.1, -0.05) is 183 Å². The van der Waals surface area contributed by atoms with E-state index < -0.39 is 5.97 Å². The van der Waals surface area contributed by atoms with Gasteiger partial charge < -0.3 is 29.2 Å². The molecule has 0 unspecified atom stereocenters. The van der Waals surface area contributed by atoms with E-state index in [0.717, 1.165) is 122 Å². The number of hydrogen-bond donors (Lipinski definition) is 2. The number of hydrogen-bond acceptors (Lipinski definition) is 8. The highest BCUT2D eigenvalue weighted by Crippen LogP contribution is 2.12. The van der Waals surface area contributed by atoms with Crippen LogP contribution in [0.15, 0.2) is 109 Å². The molecule has 0 aromatic heterocycles. The van der Waals surface area contributed by atoms with E-state index in [-0.39, 0.29) is 24.5 Å². The molecule has 0 radical (unpaired) electrons. The maximum atomic E-state index is 11.0. The molecule has 0 rings (SSSR count). The first kappa shape index (κ1) is 77.5. The molecule has 0 fully saturated rings. The quantitative estimate of drug-likeness (QED) is 0.0348. The van der Waals surface area contributed by atoms with Crippen molar-refractivity contribution in [2.45, 2.75) is 265 Å². The largest absolute Gasteiger partial charge is 0.481 e. The molecule has 3 atom stereocenters. The normalized spacial score (nSPS) is 13.0. The molecule has 9 nitrogen and oxygen atoms in total. The van der Waals surface area contributed by atoms with Crippen molar-refractivity contribution >= 4 is 17.9 Å². The molecule has 0 aliphatic rings. The summed E-state index contributed by atoms with van der Waals surface area (Å²) in [6.07, 6.45) is 72.5. The van der Waals surface area contributed by atoms with Gasteiger partial charge in [-0.3, -0.25) is 14.4 Å². The van der Waals surface area contributed by atoms with Crippen LogP contribution in [0.3, 0.4) is 0 Å². The lowest BCUT2D eigenvalue weighted by molar-refractivity contribution is -0.141. The molecular weight excluding hydrogens is 937 g/mol. The first-order valence-corrected chi connectivity index (χ1v) is 29.6. The van der Waals surface area contributed by atoms with Gasteiger partial charge in [0.2, 0.25) is 0 Å². The minimum Gasteiger partial charge on any atom is -0.481 e. The lowest BCUT2D eigenvalue weighted by Gasteiger charge is -2.11. The summed E-state index contributed by atoms with van der Waals surface area (Å²) in [6.45, 7) is 10.7. The van der Waals surface area contributed by atoms with Crippen molar-refractivity contribution in [1.29, 1.82) is 0 Å². The van der Waals surface area contributed by atoms with Crippen LogP contribution in [0.4, 0.5) is 0 Å². The maximum Gasteiger partial charge on any atom is 0.305 e. The van der Waals surface area contributed by atoms with Gasteiger partial charge in [0.05, 0.1) is 32.5 Å². The second-order valence-electron chi connectivity index (χ2n) is 18.5. The van der Waals surface area contributed by atoms with Crippen molar-refractivity contribution in [2.24, 2.45) is 0 Å². The minimum absolute atomic E-state index is 0.128. The summed E-state index contributed by atoms with van der Waals surface area (Å²) in [4.78, 5) is 32.2. The molecular formula is C66H116O9. The fraction of sp³-hybridized carbons (Fsp3) is 0.682. The molecule has 2 N–H and O–H groups in total. The molecule has 0 aliphatic carbocycles. The van der Waals surface area contributed by atoms with Crippen LogP contribution < -0.4 is 0 Å². The number of allylic oxidation sites excluding steroid dienone is 15. The van der Waals surface area contributed by atoms with Gasteiger partial charge in [-0.2, -0.15) is 0 Å². The van der Waals surface area contributed by atoms with E-state index in [0.29, 0.717) is 25.0 Å². The standard InChI is InChI=1S/C22H38O3.2C21H36O3.C2H6/c1-4-5-6-7-12-15-18-21(24-2)19-16-13-10-8-9-11-14-17-20-22(23)25-3;1-3-4-5-6-11-14-17-20(24-2)18-15-12-9-7-8-10-13-16-19-21(22)23;1-3-4-5-6-11-14-17-20(22)18-15-12-9-7-8-10-13-16-19-21(23)24-2;1-2/h9-13,15,21H,4-8,14,16-20H2,1-3H3;8-12,14,20H,3-7,13,15-19H2,1-2H3,(H,22,23);8-12,14,20,22H,3-7,13,15-19H2,1-2H3;1-2H3/b11-9-,13-10-,15-12-;2*10-8-,12-9-,14-11-;/t21-;2*20-;/m000./s1. The van der Waals surface area contributed by atoms with Gasteiger partial charge >= 0.3 is 17.9 Å². The van der Waals surface area contributed by atoms with Gasteiger partial charge in [0.25, 0.3) is 0 Å². The smallest absolute Gasteiger partial charge is 0.305 e. The fourth-order valence-corrected chi connectivity index (χ4v) is 7.10. The first-order valence-electron chi connectivity index (χ1n) is 29.6. The predicted molar refractivity (Wildman–Crippen MR) is 322 cm³/mol. The summed E-state index contributed by atoms with van der Waals surface area (Å²) in [5.74, 6) is -0.985. The van der Waals surface area contributed by atoms with E-state index in [1.165, 1.54) is 84.8 Å². The molecule has 0 aromatic carbocycles. The van der Waals surface area contributed by atoms with Crippen LogP contribution in [-0.4, -0.2) is 74.9 Å². The van der Waals surface area contributed by atoms with Gasteiger partial charge in [0.15, 0.2) is 0 Å². The Kier molecular flexibility index (Phi) is 72.2. The highest BCUT2D eigenvalue weighted by molar-refractivity contribution is 5.69. The van der Waals surface area contributed by atoms with Gasteiger partial charge in [0.1, 0.15) is 0 Å². The van der Waals surface area contributed by atoms with Gasteiger partial charge in [-0.25, -0.2) is 0 Å². The molecule has 0 aromatic rings. The fourth-order valence-electron chi connectivity index (χ4n) is 7.10. The number of aliphatic carboxylic acids is 1. The van der Waals surface area contributed by atoms with Crippen molar-refractivity contribution in [3.63, 3.8) is 0 Å². The number of rotatable bonds is 47. The molecule has 75 heavy (non-hydrogen) atoms. The number of carboxylic acid groups (broad SMARTS) is 1. The Hall–Kier alpha value is -4.05. The van der Waals surface area contributed by atoms with Crippen LogP contribution in [0, 0.1) is 0 Å². The Morgan fingerprint density at radius 3 is 0.987 bits per heavy atom. The summed E-state index contributed by atoms with van der Waals surface area (Å²) in [6, 6.07) is 0. The van der Waals surface area contributed by atoms with Crippen molar-refractivity contribution in [2.75, 3.05) is 28.4 Å². The van der Waals surface area contributed by atoms with Crippen LogP contribution in [0.25, 0.3) is 0 Å². The Morgan fingerprint density at radius 1 is 0.373 bits per heavy atom. The summed E-state index contributed by atoms with van der Waals surface area (Å²) in [7, 11) is 6.44. The zero-order valence-electron chi connectivity index (χ0n) is 49.7. The van der Waals surface area contributed by atoms with Crippen molar-refractivity contribution in [3.8, 4) is 0 Å². The van der Waals surface area contributed by atoms with E-state index in [1.54, 1.807) is 14.2 Å². The van der Waals surface area contributed by atoms with Crippen LogP contribution in [0.2, 0.25) is 0 Å². The average molecular weight is 1050 g/mol. The molecule has 0 bridgehead atoms. The number of ether oxygens (including phenoxy) is 4. The number of esters is 2. The number of carbonyl (C=O) groups excluding carboxylic acids is 2. The first-order chi connectivity index (χ1) is 36.6. The van der Waals surface area contributed by atoms with Gasteiger partial charge in [-0.15, -0.1) is 0 Å². The number of carbonyl (C=O) groups is 3. The van der Waals surface area contributed by atoms with Crippen molar-refractivity contribution in [1.82, 2.24) is 0 Å². The summed E-state index contributed by atoms with van der Waals surface area (Å²) < 4.78 is 20.3. The molecule has 0 saturated heterocycles. The predicted octanol–water partition coefficient (Wildman–Crippen LogP) is 18.7. The van der Waals surface area contributed by atoms with E-state index in [9.17, 15) is 19.5 Å². The lowest BCUT2D eigenvalue weighted by atomic mass is 10.1. The summed E-state index contributed by atoms with van der Waals surface area (Å²) >= 11 is 0. The Bertz CT molecular complexity index is 1470. The van der Waals surface area contributed by atoms with Crippen LogP contribution in [-0.2, 0) is 33.3 Å². The Balaban J connectivity index is -0.000000495. The Morgan fingerprint density at radius 2 is 0.667 bits per heavy atom. The third kappa shape index (κ3) is 72.1. The molecule has 9 heteroatoms. The van der Waals surface area contributed by atoms with Crippen molar-refractivity contribution in [3.05, 3.63) is 109 Å². The number of carboxylic acids is 1. The van der Waals surface area contributed by atoms with Gasteiger partial charge in [0, 0.05) is 33.5 Å². The molecule has 0 spiro atoms. The number of unbranched alkanes of at least 4 members (excludes halogenated alkanes) is 12. The zero-order valence-corrected chi connectivity index (χ0v) is 49.7. The maximum absolute atomic E-state index is 11.0. The van der Waals surface area contributed by atoms with E-state index >= 15 is 0 Å². The highest BCUT2D eigenvalue weighted by Gasteiger charge is 2.05. The van der Waals surface area contributed by atoms with Crippen LogP contribution in [0.5, 0.6) is 0 Å². The number of aliphatic hydroxyl groups is 1. The van der Waals surface area contributed by atoms with E-state index in [1.807, 2.05) is 13.8 Å². The van der Waals surface area contributed by atoms with Crippen LogP contribution >= 0.6 is 0 Å². The Labute approximate surface area is 462 Å². The second-order valence-corrected chi connectivity index (χ2v) is 18.5. The SMILES string of the molecule is CC.CCCCC/C=C\C[C@@H](CC/C=C\C/C=C\CCCC(=O)O)OC.CCCCC/C=C\C[C@@H](CC/C=C\C/C=C\CCCC(=O)OC)OC.CCCCC/C=C\C[C@H](O)CC/C=C\C/C=C\CCCC(=O)OC. The van der Waals surface area contributed by atoms with Crippen molar-refractivity contribution < 1.29 is 43.5 Å². The second kappa shape index (κ2) is 70.0. The molecule has 0 saturated carbocycles. The van der Waals surface area contributed by atoms with E-state index in [4.69, 9.17) is 14.6 Å². The molecule has 0 heterocycles. The minimum atomic E-state index is -0.716. The molecule has 0 aliphatic heterocycles. The monoisotopic (exact) mass is 1050 g/mol. The summed E-state index contributed by atoms with van der Waals surface area (Å²) in [5.41, 5.74) is 0. The number of methoxy groups -OCH3 is 4.